The van der Waals surface area contributed by atoms with Gasteiger partial charge in [-0.15, -0.1) is 0 Å². The fourth-order valence-electron chi connectivity index (χ4n) is 2.91. The third-order valence-corrected chi connectivity index (χ3v) is 4.59. The van der Waals surface area contributed by atoms with Crippen LogP contribution in [0.5, 0.6) is 0 Å². The Hall–Kier alpha value is -0.810. The Morgan fingerprint density at radius 1 is 1.43 bits per heavy atom. The summed E-state index contributed by atoms with van der Waals surface area (Å²) in [7, 11) is 0. The first kappa shape index (κ1) is 16.6. The molecule has 118 valence electrons. The van der Waals surface area contributed by atoms with Gasteiger partial charge in [0.15, 0.2) is 0 Å². The summed E-state index contributed by atoms with van der Waals surface area (Å²) >= 11 is 3.46. The molecule has 1 saturated heterocycles. The van der Waals surface area contributed by atoms with E-state index in [1.54, 1.807) is 0 Å². The lowest BCUT2D eigenvalue weighted by molar-refractivity contribution is 0.0891. The second-order valence-electron chi connectivity index (χ2n) is 6.11. The Kier molecular flexibility index (Phi) is 5.88. The number of halogens is 1. The molecule has 1 aromatic rings. The number of aryl methyl sites for hydroxylation is 1. The fourth-order valence-corrected chi connectivity index (χ4v) is 3.37. The smallest absolute Gasteiger partial charge is 0.268 e. The van der Waals surface area contributed by atoms with E-state index in [0.717, 1.165) is 49.1 Å². The molecule has 1 fully saturated rings. The van der Waals surface area contributed by atoms with Crippen molar-refractivity contribution in [2.75, 3.05) is 13.1 Å². The number of hydrogen-bond donors (Lipinski definition) is 1. The van der Waals surface area contributed by atoms with Crippen LogP contribution >= 0.6 is 15.9 Å². The molecule has 0 spiro atoms. The number of likely N-dealkylation sites (tertiary alicyclic amines) is 1. The zero-order chi connectivity index (χ0) is 15.4. The van der Waals surface area contributed by atoms with Gasteiger partial charge in [-0.1, -0.05) is 6.92 Å². The van der Waals surface area contributed by atoms with Crippen LogP contribution in [-0.4, -0.2) is 40.5 Å². The molecule has 0 atom stereocenters. The van der Waals surface area contributed by atoms with Gasteiger partial charge in [0.05, 0.1) is 0 Å². The normalized spacial score (nSPS) is 17.4. The van der Waals surface area contributed by atoms with Crippen LogP contribution in [0.4, 0.5) is 0 Å². The highest BCUT2D eigenvalue weighted by Gasteiger charge is 2.23. The Morgan fingerprint density at radius 3 is 2.67 bits per heavy atom. The van der Waals surface area contributed by atoms with Gasteiger partial charge in [0.1, 0.15) is 5.69 Å². The topological polar surface area (TPSA) is 37.3 Å². The fraction of sp³-hybridized carbons (Fsp3) is 0.688. The van der Waals surface area contributed by atoms with Gasteiger partial charge in [0.2, 0.25) is 0 Å². The average molecular weight is 356 g/mol. The average Bonchev–Trinajstić information content (AvgIpc) is 2.81. The maximum Gasteiger partial charge on any atom is 0.268 e. The van der Waals surface area contributed by atoms with Crippen molar-refractivity contribution in [1.82, 2.24) is 14.8 Å². The summed E-state index contributed by atoms with van der Waals surface area (Å²) in [5, 5.41) is 3.20. The predicted molar refractivity (Wildman–Crippen MR) is 89.6 cm³/mol. The zero-order valence-electron chi connectivity index (χ0n) is 13.2. The minimum absolute atomic E-state index is 0.0529. The number of hydrogen-bond acceptors (Lipinski definition) is 2. The zero-order valence-corrected chi connectivity index (χ0v) is 14.8. The third kappa shape index (κ3) is 4.33. The first-order valence-electron chi connectivity index (χ1n) is 7.91. The molecule has 0 unspecified atom stereocenters. The van der Waals surface area contributed by atoms with Crippen LogP contribution in [0.1, 0.15) is 50.5 Å². The first-order chi connectivity index (χ1) is 10.0. The lowest BCUT2D eigenvalue weighted by atomic mass is 10.0. The largest absolute Gasteiger partial charge is 0.348 e. The van der Waals surface area contributed by atoms with Crippen molar-refractivity contribution in [3.63, 3.8) is 0 Å². The minimum atomic E-state index is 0.0529. The van der Waals surface area contributed by atoms with E-state index in [0.29, 0.717) is 12.1 Å². The number of piperidine rings is 1. The molecule has 2 rings (SSSR count). The van der Waals surface area contributed by atoms with Crippen LogP contribution < -0.4 is 5.32 Å². The molecule has 1 aliphatic rings. The molecule has 0 saturated carbocycles. The number of carbonyl (C=O) groups is 1. The quantitative estimate of drug-likeness (QED) is 0.879. The molecule has 0 radical (unpaired) electrons. The van der Waals surface area contributed by atoms with Gasteiger partial charge in [0, 0.05) is 42.4 Å². The van der Waals surface area contributed by atoms with E-state index in [2.05, 4.69) is 46.9 Å². The summed E-state index contributed by atoms with van der Waals surface area (Å²) in [5.41, 5.74) is 0.759. The van der Waals surface area contributed by atoms with E-state index in [9.17, 15) is 4.79 Å². The van der Waals surface area contributed by atoms with Gasteiger partial charge in [-0.2, -0.15) is 0 Å². The molecule has 2 heterocycles. The van der Waals surface area contributed by atoms with Crippen LogP contribution in [0.3, 0.4) is 0 Å². The summed E-state index contributed by atoms with van der Waals surface area (Å²) in [5.74, 6) is 0.0529. The number of aromatic nitrogens is 1. The standard InChI is InChI=1S/C16H26BrN3O/c1-4-7-20-11-13(17)10-15(20)16(21)18-14-5-8-19(9-6-14)12(2)3/h10-12,14H,4-9H2,1-3H3,(H,18,21). The van der Waals surface area contributed by atoms with Gasteiger partial charge in [-0.25, -0.2) is 0 Å². The second-order valence-corrected chi connectivity index (χ2v) is 7.03. The van der Waals surface area contributed by atoms with Crippen molar-refractivity contribution in [3.05, 3.63) is 22.4 Å². The van der Waals surface area contributed by atoms with Crippen LogP contribution in [0.2, 0.25) is 0 Å². The SMILES string of the molecule is CCCn1cc(Br)cc1C(=O)NC1CCN(C(C)C)CC1. The lowest BCUT2D eigenvalue weighted by Gasteiger charge is -2.34. The number of carbonyl (C=O) groups excluding carboxylic acids is 1. The highest BCUT2D eigenvalue weighted by molar-refractivity contribution is 9.10. The predicted octanol–water partition coefficient (Wildman–Crippen LogP) is 3.26. The van der Waals surface area contributed by atoms with Crippen molar-refractivity contribution in [1.29, 1.82) is 0 Å². The Labute approximate surface area is 136 Å². The molecule has 1 aromatic heterocycles. The summed E-state index contributed by atoms with van der Waals surface area (Å²) in [6.45, 7) is 9.60. The van der Waals surface area contributed by atoms with E-state index in [1.165, 1.54) is 0 Å². The molecule has 4 nitrogen and oxygen atoms in total. The van der Waals surface area contributed by atoms with E-state index in [1.807, 2.05) is 16.8 Å². The van der Waals surface area contributed by atoms with E-state index < -0.39 is 0 Å². The molecule has 1 amide bonds. The Morgan fingerprint density at radius 2 is 2.10 bits per heavy atom. The summed E-state index contributed by atoms with van der Waals surface area (Å²) in [4.78, 5) is 14.9. The minimum Gasteiger partial charge on any atom is -0.348 e. The first-order valence-corrected chi connectivity index (χ1v) is 8.71. The van der Waals surface area contributed by atoms with Crippen molar-refractivity contribution in [2.24, 2.45) is 0 Å². The maximum absolute atomic E-state index is 12.5. The molecule has 1 N–H and O–H groups in total. The van der Waals surface area contributed by atoms with Gasteiger partial charge in [0.25, 0.3) is 5.91 Å². The van der Waals surface area contributed by atoms with Crippen LogP contribution in [0.15, 0.2) is 16.7 Å². The van der Waals surface area contributed by atoms with E-state index >= 15 is 0 Å². The number of amides is 1. The number of nitrogens with zero attached hydrogens (tertiary/aromatic N) is 2. The van der Waals surface area contributed by atoms with Gasteiger partial charge < -0.3 is 14.8 Å². The lowest BCUT2D eigenvalue weighted by Crippen LogP contribution is -2.46. The Bertz CT molecular complexity index is 476. The van der Waals surface area contributed by atoms with Gasteiger partial charge in [-0.05, 0) is 55.1 Å². The van der Waals surface area contributed by atoms with E-state index in [-0.39, 0.29) is 5.91 Å². The van der Waals surface area contributed by atoms with Gasteiger partial charge >= 0.3 is 0 Å². The van der Waals surface area contributed by atoms with Crippen LogP contribution in [-0.2, 0) is 6.54 Å². The van der Waals surface area contributed by atoms with Crippen molar-refractivity contribution >= 4 is 21.8 Å². The number of rotatable bonds is 5. The third-order valence-electron chi connectivity index (χ3n) is 4.16. The van der Waals surface area contributed by atoms with Crippen molar-refractivity contribution < 1.29 is 4.79 Å². The molecule has 1 aliphatic heterocycles. The van der Waals surface area contributed by atoms with E-state index in [4.69, 9.17) is 0 Å². The summed E-state index contributed by atoms with van der Waals surface area (Å²) < 4.78 is 3.00. The molecule has 5 heteroatoms. The highest BCUT2D eigenvalue weighted by Crippen LogP contribution is 2.17. The summed E-state index contributed by atoms with van der Waals surface area (Å²) in [6.07, 6.45) is 5.09. The molecule has 0 aromatic carbocycles. The van der Waals surface area contributed by atoms with Crippen molar-refractivity contribution in [3.8, 4) is 0 Å². The summed E-state index contributed by atoms with van der Waals surface area (Å²) in [6, 6.07) is 2.81. The maximum atomic E-state index is 12.5. The monoisotopic (exact) mass is 355 g/mol. The van der Waals surface area contributed by atoms with Crippen LogP contribution in [0, 0.1) is 0 Å². The van der Waals surface area contributed by atoms with Crippen molar-refractivity contribution in [2.45, 2.75) is 58.7 Å². The molecule has 0 aliphatic carbocycles. The molecular weight excluding hydrogens is 330 g/mol. The highest BCUT2D eigenvalue weighted by atomic mass is 79.9. The number of nitrogens with one attached hydrogen (secondary N) is 1. The molecule has 0 bridgehead atoms. The molecule has 21 heavy (non-hydrogen) atoms. The van der Waals surface area contributed by atoms with Crippen LogP contribution in [0.25, 0.3) is 0 Å². The van der Waals surface area contributed by atoms with Gasteiger partial charge in [-0.3, -0.25) is 4.79 Å². The Balaban J connectivity index is 1.93. The second kappa shape index (κ2) is 7.45. The molecular formula is C16H26BrN3O.